The summed E-state index contributed by atoms with van der Waals surface area (Å²) >= 11 is 0. The van der Waals surface area contributed by atoms with Gasteiger partial charge in [-0.25, -0.2) is 14.8 Å². The minimum atomic E-state index is -0.000324. The van der Waals surface area contributed by atoms with E-state index in [4.69, 9.17) is 0 Å². The Labute approximate surface area is 81.0 Å². The van der Waals surface area contributed by atoms with E-state index in [9.17, 15) is 4.79 Å². The van der Waals surface area contributed by atoms with Gasteiger partial charge in [0, 0.05) is 0 Å². The van der Waals surface area contributed by atoms with E-state index in [1.807, 2.05) is 0 Å². The molecule has 0 fully saturated rings. The molecule has 5 nitrogen and oxygen atoms in total. The molecule has 1 aliphatic rings. The van der Waals surface area contributed by atoms with Crippen molar-refractivity contribution in [2.75, 3.05) is 6.54 Å². The van der Waals surface area contributed by atoms with Crippen molar-refractivity contribution in [2.45, 2.75) is 0 Å². The molecule has 1 unspecified atom stereocenters. The molecule has 0 aliphatic carbocycles. The van der Waals surface area contributed by atoms with Crippen LogP contribution in [0.15, 0.2) is 30.2 Å². The van der Waals surface area contributed by atoms with Crippen LogP contribution in [0.25, 0.3) is 0 Å². The average Bonchev–Trinajstić information content (AvgIpc) is 2.59. The highest BCUT2D eigenvalue weighted by Gasteiger charge is 2.36. The normalized spacial score (nSPS) is 23.1. The zero-order chi connectivity index (χ0) is 10.0. The molecule has 1 aromatic rings. The number of aromatic nitrogens is 2. The second-order valence-corrected chi connectivity index (χ2v) is 2.98. The number of hydrogen-bond acceptors (Lipinski definition) is 4. The highest BCUT2D eigenvalue weighted by Crippen LogP contribution is 2.33. The van der Waals surface area contributed by atoms with Gasteiger partial charge in [0.2, 0.25) is 17.8 Å². The first-order valence-electron chi connectivity index (χ1n) is 4.13. The molecular weight excluding hydrogens is 180 g/mol. The molecular formula is C9H9N4O+. The van der Waals surface area contributed by atoms with E-state index in [2.05, 4.69) is 21.5 Å². The fourth-order valence-electron chi connectivity index (χ4n) is 1.42. The fraction of sp³-hybridized carbons (Fsp3) is 0.111. The lowest BCUT2D eigenvalue weighted by molar-refractivity contribution is -0.113. The first-order chi connectivity index (χ1) is 6.82. The van der Waals surface area contributed by atoms with Crippen molar-refractivity contribution in [1.29, 1.82) is 0 Å². The van der Waals surface area contributed by atoms with E-state index in [0.29, 0.717) is 18.1 Å². The second-order valence-electron chi connectivity index (χ2n) is 2.98. The molecule has 1 amide bonds. The molecule has 70 valence electrons. The molecule has 0 spiro atoms. The number of carbonyl (C=O) groups is 1. The van der Waals surface area contributed by atoms with Gasteiger partial charge < -0.3 is 0 Å². The summed E-state index contributed by atoms with van der Waals surface area (Å²) in [6, 6.07) is 0. The van der Waals surface area contributed by atoms with Crippen LogP contribution in [0.5, 0.6) is 0 Å². The quantitative estimate of drug-likeness (QED) is 0.401. The first-order valence-corrected chi connectivity index (χ1v) is 4.13. The lowest BCUT2D eigenvalue weighted by atomic mass is 10.3. The van der Waals surface area contributed by atoms with E-state index < -0.39 is 0 Å². The molecule has 0 saturated carbocycles. The third-order valence-electron chi connectivity index (χ3n) is 2.13. The zero-order valence-corrected chi connectivity index (χ0v) is 7.50. The van der Waals surface area contributed by atoms with Gasteiger partial charge in [-0.05, 0) is 6.08 Å². The van der Waals surface area contributed by atoms with Gasteiger partial charge in [-0.1, -0.05) is 6.58 Å². The maximum atomic E-state index is 11.1. The highest BCUT2D eigenvalue weighted by molar-refractivity contribution is 5.99. The molecule has 5 heteroatoms. The molecule has 0 N–H and O–H groups in total. The van der Waals surface area contributed by atoms with Gasteiger partial charge in [-0.2, -0.15) is 9.48 Å². The topological polar surface area (TPSA) is 55.2 Å². The van der Waals surface area contributed by atoms with Crippen molar-refractivity contribution in [1.82, 2.24) is 14.5 Å². The predicted octanol–water partition coefficient (Wildman–Crippen LogP) is 0.800. The van der Waals surface area contributed by atoms with Gasteiger partial charge in [0.05, 0.1) is 6.20 Å². The number of rotatable bonds is 3. The molecule has 2 heterocycles. The Kier molecular flexibility index (Phi) is 1.94. The van der Waals surface area contributed by atoms with E-state index >= 15 is 0 Å². The van der Waals surface area contributed by atoms with Crippen LogP contribution >= 0.6 is 0 Å². The molecule has 0 aromatic carbocycles. The summed E-state index contributed by atoms with van der Waals surface area (Å²) in [6.07, 6.45) is 7.04. The minimum absolute atomic E-state index is 0.000324. The van der Waals surface area contributed by atoms with E-state index in [0.717, 1.165) is 6.41 Å². The first kappa shape index (κ1) is 8.71. The molecule has 0 radical (unpaired) electrons. The molecule has 2 rings (SSSR count). The van der Waals surface area contributed by atoms with Crippen molar-refractivity contribution in [3.63, 3.8) is 0 Å². The number of carbonyl (C=O) groups excluding carboxylic acids is 1. The number of fused-ring (bicyclic) bond motifs is 1. The van der Waals surface area contributed by atoms with Crippen LogP contribution in [0.3, 0.4) is 0 Å². The third kappa shape index (κ3) is 1.06. The molecule has 0 saturated heterocycles. The lowest BCUT2D eigenvalue weighted by Crippen LogP contribution is -2.45. The monoisotopic (exact) mass is 189 g/mol. The number of aliphatic imine (C=N–C) groups is 1. The van der Waals surface area contributed by atoms with Crippen LogP contribution in [-0.4, -0.2) is 29.3 Å². The average molecular weight is 189 g/mol. The van der Waals surface area contributed by atoms with Crippen LogP contribution in [0.2, 0.25) is 0 Å². The molecule has 0 bridgehead atoms. The van der Waals surface area contributed by atoms with Gasteiger partial charge in [0.25, 0.3) is 0 Å². The van der Waals surface area contributed by atoms with Gasteiger partial charge >= 0.3 is 6.41 Å². The number of amides is 1. The van der Waals surface area contributed by atoms with Crippen molar-refractivity contribution < 1.29 is 4.79 Å². The van der Waals surface area contributed by atoms with E-state index in [-0.39, 0.29) is 4.48 Å². The summed E-state index contributed by atoms with van der Waals surface area (Å²) in [5.74, 6) is 0.550. The van der Waals surface area contributed by atoms with Gasteiger partial charge in [-0.3, -0.25) is 0 Å². The Hall–Kier alpha value is -1.88. The van der Waals surface area contributed by atoms with Crippen LogP contribution < -0.4 is 4.48 Å². The Morgan fingerprint density at radius 1 is 1.57 bits per heavy atom. The Balaban J connectivity index is 2.54. The predicted molar refractivity (Wildman–Crippen MR) is 53.1 cm³/mol. The molecule has 14 heavy (non-hydrogen) atoms. The van der Waals surface area contributed by atoms with Crippen LogP contribution in [0.1, 0.15) is 0 Å². The van der Waals surface area contributed by atoms with Gasteiger partial charge in [-0.15, -0.1) is 0 Å². The van der Waals surface area contributed by atoms with Crippen LogP contribution in [-0.2, 0) is 4.79 Å². The third-order valence-corrected chi connectivity index (χ3v) is 2.13. The number of nitrogens with zero attached hydrogens (tertiary/aromatic N) is 4. The summed E-state index contributed by atoms with van der Waals surface area (Å²) in [5.41, 5.74) is 0.697. The van der Waals surface area contributed by atoms with Crippen molar-refractivity contribution >= 4 is 24.3 Å². The number of hydrogen-bond donors (Lipinski definition) is 0. The maximum absolute atomic E-state index is 11.1. The summed E-state index contributed by atoms with van der Waals surface area (Å²) in [4.78, 5) is 23.0. The largest absolute Gasteiger partial charge is 0.312 e. The van der Waals surface area contributed by atoms with Crippen LogP contribution in [0.4, 0.5) is 11.5 Å². The summed E-state index contributed by atoms with van der Waals surface area (Å²) in [6.45, 7) is 4.08. The second kappa shape index (κ2) is 3.12. The summed E-state index contributed by atoms with van der Waals surface area (Å²) < 4.78 is -0.000324. The smallest absolute Gasteiger partial charge is 0.238 e. The van der Waals surface area contributed by atoms with Crippen molar-refractivity contribution in [3.8, 4) is 0 Å². The SMILES string of the molecule is C=CC[N+]1(C=O)C=Nc2ncncc21. The van der Waals surface area contributed by atoms with Crippen molar-refractivity contribution in [2.24, 2.45) is 4.99 Å². The van der Waals surface area contributed by atoms with E-state index in [1.165, 1.54) is 6.33 Å². The Bertz CT molecular complexity index is 415. The minimum Gasteiger partial charge on any atom is -0.238 e. The zero-order valence-electron chi connectivity index (χ0n) is 7.50. The Morgan fingerprint density at radius 3 is 3.14 bits per heavy atom. The number of quaternary nitrogens is 1. The van der Waals surface area contributed by atoms with Gasteiger partial charge in [0.15, 0.2) is 0 Å². The molecule has 1 atom stereocenters. The van der Waals surface area contributed by atoms with E-state index in [1.54, 1.807) is 18.6 Å². The summed E-state index contributed by atoms with van der Waals surface area (Å²) in [5, 5.41) is 0. The maximum Gasteiger partial charge on any atom is 0.312 e. The van der Waals surface area contributed by atoms with Gasteiger partial charge in [0.1, 0.15) is 12.9 Å². The summed E-state index contributed by atoms with van der Waals surface area (Å²) in [7, 11) is 0. The molecule has 1 aliphatic heterocycles. The fourth-order valence-corrected chi connectivity index (χ4v) is 1.42. The Morgan fingerprint density at radius 2 is 2.43 bits per heavy atom. The standard InChI is InChI=1S/C9H9N4O/c1-2-3-13(7-14)6-12-9-8(13)4-10-5-11-9/h2,4-7H,1,3H2/q+1. The van der Waals surface area contributed by atoms with Crippen LogP contribution in [0, 0.1) is 0 Å². The molecule has 1 aromatic heterocycles. The highest BCUT2D eigenvalue weighted by atomic mass is 16.1. The lowest BCUT2D eigenvalue weighted by Gasteiger charge is -2.19. The van der Waals surface area contributed by atoms with Crippen molar-refractivity contribution in [3.05, 3.63) is 25.2 Å².